The Morgan fingerprint density at radius 3 is 2.60 bits per heavy atom. The molecule has 3 nitrogen and oxygen atoms in total. The Morgan fingerprint density at radius 1 is 1.15 bits per heavy atom. The van der Waals surface area contributed by atoms with Crippen LogP contribution in [0.25, 0.3) is 0 Å². The number of carbonyl (C=O) groups is 1. The number of carbonyl (C=O) groups excluding carboxylic acids is 1. The fourth-order valence-corrected chi connectivity index (χ4v) is 3.55. The molecule has 0 aromatic heterocycles. The van der Waals surface area contributed by atoms with Crippen molar-refractivity contribution >= 4 is 5.91 Å². The number of hydrogen-bond donors (Lipinski definition) is 1. The van der Waals surface area contributed by atoms with E-state index in [4.69, 9.17) is 0 Å². The average Bonchev–Trinajstić information content (AvgIpc) is 2.54. The molecule has 0 spiro atoms. The molecule has 1 aliphatic carbocycles. The summed E-state index contributed by atoms with van der Waals surface area (Å²) >= 11 is 0. The van der Waals surface area contributed by atoms with Crippen LogP contribution in [0.1, 0.15) is 30.4 Å². The molecule has 1 unspecified atom stereocenters. The first-order valence-corrected chi connectivity index (χ1v) is 7.80. The van der Waals surface area contributed by atoms with Gasteiger partial charge in [0.2, 0.25) is 5.91 Å². The molecule has 1 aromatic carbocycles. The third-order valence-electron chi connectivity index (χ3n) is 4.90. The molecule has 1 aliphatic heterocycles. The molecule has 0 saturated carbocycles. The maximum atomic E-state index is 12.6. The zero-order valence-corrected chi connectivity index (χ0v) is 12.3. The number of likely N-dealkylation sites (N-methyl/N-ethyl adjacent to an activating group) is 1. The average molecular weight is 272 g/mol. The van der Waals surface area contributed by atoms with Gasteiger partial charge >= 0.3 is 0 Å². The SMILES string of the molecule is CN(C(=O)C1CCNCC1)C1CCc2ccccc2C1. The largest absolute Gasteiger partial charge is 0.342 e. The first kappa shape index (κ1) is 13.6. The topological polar surface area (TPSA) is 32.3 Å². The van der Waals surface area contributed by atoms with E-state index in [0.717, 1.165) is 45.2 Å². The van der Waals surface area contributed by atoms with E-state index in [1.165, 1.54) is 11.1 Å². The number of aryl methyl sites for hydroxylation is 1. The lowest BCUT2D eigenvalue weighted by Gasteiger charge is -2.35. The monoisotopic (exact) mass is 272 g/mol. The van der Waals surface area contributed by atoms with Crippen LogP contribution in [0.5, 0.6) is 0 Å². The maximum Gasteiger partial charge on any atom is 0.225 e. The summed E-state index contributed by atoms with van der Waals surface area (Å²) in [7, 11) is 2.00. The van der Waals surface area contributed by atoms with Crippen molar-refractivity contribution in [2.24, 2.45) is 5.92 Å². The Labute approximate surface area is 121 Å². The summed E-state index contributed by atoms with van der Waals surface area (Å²) in [5.41, 5.74) is 2.89. The molecule has 0 bridgehead atoms. The van der Waals surface area contributed by atoms with Crippen molar-refractivity contribution in [2.45, 2.75) is 38.1 Å². The molecular formula is C17H24N2O. The molecule has 1 aromatic rings. The molecule has 3 heteroatoms. The highest BCUT2D eigenvalue weighted by Crippen LogP contribution is 2.25. The zero-order valence-electron chi connectivity index (χ0n) is 12.3. The van der Waals surface area contributed by atoms with Gasteiger partial charge in [0.1, 0.15) is 0 Å². The van der Waals surface area contributed by atoms with Crippen LogP contribution in [0.2, 0.25) is 0 Å². The van der Waals surface area contributed by atoms with Crippen molar-refractivity contribution in [2.75, 3.05) is 20.1 Å². The van der Waals surface area contributed by atoms with Crippen LogP contribution >= 0.6 is 0 Å². The zero-order chi connectivity index (χ0) is 13.9. The number of nitrogens with one attached hydrogen (secondary N) is 1. The van der Waals surface area contributed by atoms with Crippen molar-refractivity contribution < 1.29 is 4.79 Å². The fraction of sp³-hybridized carbons (Fsp3) is 0.588. The standard InChI is InChI=1S/C17H24N2O/c1-19(17(20)14-8-10-18-11-9-14)16-7-6-13-4-2-3-5-15(13)12-16/h2-5,14,16,18H,6-12H2,1H3. The number of hydrogen-bond acceptors (Lipinski definition) is 2. The molecular weight excluding hydrogens is 248 g/mol. The van der Waals surface area contributed by atoms with E-state index in [-0.39, 0.29) is 5.92 Å². The second-order valence-corrected chi connectivity index (χ2v) is 6.14. The molecule has 20 heavy (non-hydrogen) atoms. The fourth-order valence-electron chi connectivity index (χ4n) is 3.55. The minimum absolute atomic E-state index is 0.235. The van der Waals surface area contributed by atoms with Crippen molar-refractivity contribution in [1.29, 1.82) is 0 Å². The van der Waals surface area contributed by atoms with E-state index >= 15 is 0 Å². The number of amides is 1. The summed E-state index contributed by atoms with van der Waals surface area (Å²) in [6, 6.07) is 9.04. The number of piperidine rings is 1. The number of benzene rings is 1. The van der Waals surface area contributed by atoms with Crippen molar-refractivity contribution in [3.8, 4) is 0 Å². The Balaban J connectivity index is 1.66. The van der Waals surface area contributed by atoms with Gasteiger partial charge in [-0.05, 0) is 56.3 Å². The van der Waals surface area contributed by atoms with Gasteiger partial charge < -0.3 is 10.2 Å². The lowest BCUT2D eigenvalue weighted by atomic mass is 9.86. The highest BCUT2D eigenvalue weighted by molar-refractivity contribution is 5.79. The number of fused-ring (bicyclic) bond motifs is 1. The van der Waals surface area contributed by atoms with Crippen LogP contribution in [-0.4, -0.2) is 37.0 Å². The van der Waals surface area contributed by atoms with Gasteiger partial charge in [-0.1, -0.05) is 24.3 Å². The van der Waals surface area contributed by atoms with Gasteiger partial charge in [-0.2, -0.15) is 0 Å². The van der Waals surface area contributed by atoms with Gasteiger partial charge in [0.05, 0.1) is 0 Å². The highest BCUT2D eigenvalue weighted by Gasteiger charge is 2.29. The Kier molecular flexibility index (Phi) is 4.06. The van der Waals surface area contributed by atoms with Gasteiger partial charge in [-0.25, -0.2) is 0 Å². The quantitative estimate of drug-likeness (QED) is 0.893. The Hall–Kier alpha value is -1.35. The van der Waals surface area contributed by atoms with E-state index in [2.05, 4.69) is 29.6 Å². The van der Waals surface area contributed by atoms with Crippen LogP contribution in [0.4, 0.5) is 0 Å². The first-order valence-electron chi connectivity index (χ1n) is 7.80. The van der Waals surface area contributed by atoms with Crippen LogP contribution in [-0.2, 0) is 17.6 Å². The van der Waals surface area contributed by atoms with Gasteiger partial charge in [0, 0.05) is 19.0 Å². The summed E-state index contributed by atoms with van der Waals surface area (Å²) in [4.78, 5) is 14.6. The third kappa shape index (κ3) is 2.73. The van der Waals surface area contributed by atoms with Crippen LogP contribution < -0.4 is 5.32 Å². The second kappa shape index (κ2) is 5.96. The van der Waals surface area contributed by atoms with E-state index in [9.17, 15) is 4.79 Å². The van der Waals surface area contributed by atoms with Crippen LogP contribution in [0.3, 0.4) is 0 Å². The molecule has 2 aliphatic rings. The molecule has 0 radical (unpaired) electrons. The van der Waals surface area contributed by atoms with Crippen LogP contribution in [0.15, 0.2) is 24.3 Å². The lowest BCUT2D eigenvalue weighted by molar-refractivity contribution is -0.137. The third-order valence-corrected chi connectivity index (χ3v) is 4.90. The van der Waals surface area contributed by atoms with Crippen molar-refractivity contribution in [1.82, 2.24) is 10.2 Å². The highest BCUT2D eigenvalue weighted by atomic mass is 16.2. The molecule has 1 atom stereocenters. The normalized spacial score (nSPS) is 23.1. The molecule has 1 saturated heterocycles. The minimum Gasteiger partial charge on any atom is -0.342 e. The maximum absolute atomic E-state index is 12.6. The van der Waals surface area contributed by atoms with Gasteiger partial charge in [-0.3, -0.25) is 4.79 Å². The molecule has 108 valence electrons. The second-order valence-electron chi connectivity index (χ2n) is 6.14. The molecule has 1 heterocycles. The van der Waals surface area contributed by atoms with Crippen LogP contribution in [0, 0.1) is 5.92 Å². The van der Waals surface area contributed by atoms with Gasteiger partial charge in [0.25, 0.3) is 0 Å². The van der Waals surface area contributed by atoms with Gasteiger partial charge in [0.15, 0.2) is 0 Å². The summed E-state index contributed by atoms with van der Waals surface area (Å²) in [5, 5.41) is 3.33. The lowest BCUT2D eigenvalue weighted by Crippen LogP contribution is -2.45. The van der Waals surface area contributed by atoms with E-state index < -0.39 is 0 Å². The first-order chi connectivity index (χ1) is 9.75. The van der Waals surface area contributed by atoms with Crippen molar-refractivity contribution in [3.05, 3.63) is 35.4 Å². The van der Waals surface area contributed by atoms with E-state index in [0.29, 0.717) is 11.9 Å². The van der Waals surface area contributed by atoms with E-state index in [1.807, 2.05) is 11.9 Å². The molecule has 1 fully saturated rings. The Morgan fingerprint density at radius 2 is 1.85 bits per heavy atom. The van der Waals surface area contributed by atoms with Gasteiger partial charge in [-0.15, -0.1) is 0 Å². The number of rotatable bonds is 2. The smallest absolute Gasteiger partial charge is 0.225 e. The minimum atomic E-state index is 0.235. The number of nitrogens with zero attached hydrogens (tertiary/aromatic N) is 1. The molecule has 1 N–H and O–H groups in total. The summed E-state index contributed by atoms with van der Waals surface area (Å²) in [6.07, 6.45) is 5.21. The molecule has 1 amide bonds. The molecule has 3 rings (SSSR count). The van der Waals surface area contributed by atoms with Crippen molar-refractivity contribution in [3.63, 3.8) is 0 Å². The predicted molar refractivity (Wildman–Crippen MR) is 80.6 cm³/mol. The predicted octanol–water partition coefficient (Wildman–Crippen LogP) is 2.00. The summed E-state index contributed by atoms with van der Waals surface area (Å²) in [5.74, 6) is 0.592. The summed E-state index contributed by atoms with van der Waals surface area (Å²) in [6.45, 7) is 1.97. The summed E-state index contributed by atoms with van der Waals surface area (Å²) < 4.78 is 0. The Bertz CT molecular complexity index is 480. The van der Waals surface area contributed by atoms with E-state index in [1.54, 1.807) is 0 Å².